The lowest BCUT2D eigenvalue weighted by Crippen LogP contribution is -2.28. The average molecular weight is 501 g/mol. The Morgan fingerprint density at radius 3 is 2.61 bits per heavy atom. The highest BCUT2D eigenvalue weighted by Crippen LogP contribution is 2.36. The number of carbonyl (C=O) groups excluding carboxylic acids is 1. The molecular formula is C22H14Cl2N4O4S. The second kappa shape index (κ2) is 10.0. The van der Waals surface area contributed by atoms with Gasteiger partial charge in [0.2, 0.25) is 0 Å². The molecule has 0 atom stereocenters. The maximum atomic E-state index is 13.1. The molecule has 0 radical (unpaired) electrons. The van der Waals surface area contributed by atoms with Gasteiger partial charge in [-0.1, -0.05) is 35.3 Å². The summed E-state index contributed by atoms with van der Waals surface area (Å²) in [4.78, 5) is 25.2. The van der Waals surface area contributed by atoms with Crippen LogP contribution >= 0.6 is 35.0 Å². The monoisotopic (exact) mass is 500 g/mol. The van der Waals surface area contributed by atoms with Crippen LogP contribution in [0.4, 0.5) is 5.69 Å². The van der Waals surface area contributed by atoms with E-state index in [0.717, 1.165) is 11.8 Å². The second-order valence-corrected chi connectivity index (χ2v) is 8.49. The lowest BCUT2D eigenvalue weighted by atomic mass is 10.2. The number of benzene rings is 2. The van der Waals surface area contributed by atoms with E-state index in [1.165, 1.54) is 29.5 Å². The van der Waals surface area contributed by atoms with Gasteiger partial charge in [-0.05, 0) is 59.3 Å². The zero-order chi connectivity index (χ0) is 23.4. The van der Waals surface area contributed by atoms with Crippen LogP contribution in [-0.2, 0) is 11.3 Å². The first kappa shape index (κ1) is 22.8. The number of nitrogens with zero attached hydrogens (tertiary/aromatic N) is 4. The molecule has 3 aromatic rings. The van der Waals surface area contributed by atoms with Crippen LogP contribution in [0.5, 0.6) is 0 Å². The highest BCUT2D eigenvalue weighted by Gasteiger charge is 2.34. The number of nitro groups is 1. The molecule has 1 saturated heterocycles. The molecule has 0 saturated carbocycles. The molecule has 1 aromatic heterocycles. The lowest BCUT2D eigenvalue weighted by Gasteiger charge is -2.12. The molecule has 2 aromatic carbocycles. The number of furan rings is 1. The maximum absolute atomic E-state index is 13.1. The van der Waals surface area contributed by atoms with E-state index in [1.807, 2.05) is 0 Å². The van der Waals surface area contributed by atoms with Crippen LogP contribution in [0.25, 0.3) is 6.08 Å². The van der Waals surface area contributed by atoms with Crippen LogP contribution in [0.1, 0.15) is 16.9 Å². The van der Waals surface area contributed by atoms with Gasteiger partial charge in [0.1, 0.15) is 5.76 Å². The minimum absolute atomic E-state index is 0.0190. The highest BCUT2D eigenvalue weighted by atomic mass is 35.5. The van der Waals surface area contributed by atoms with Gasteiger partial charge >= 0.3 is 0 Å². The van der Waals surface area contributed by atoms with Gasteiger partial charge in [0.15, 0.2) is 5.17 Å². The van der Waals surface area contributed by atoms with Crippen molar-refractivity contribution in [3.63, 3.8) is 0 Å². The fraction of sp³-hybridized carbons (Fsp3) is 0.0455. The molecule has 1 fully saturated rings. The van der Waals surface area contributed by atoms with Gasteiger partial charge in [0.25, 0.3) is 11.6 Å². The van der Waals surface area contributed by atoms with Gasteiger partial charge in [0, 0.05) is 12.1 Å². The van der Waals surface area contributed by atoms with Crippen LogP contribution < -0.4 is 0 Å². The molecule has 0 N–H and O–H groups in total. The van der Waals surface area contributed by atoms with Crippen molar-refractivity contribution in [2.24, 2.45) is 10.2 Å². The van der Waals surface area contributed by atoms with Crippen LogP contribution in [0.2, 0.25) is 10.0 Å². The Balaban J connectivity index is 1.62. The Morgan fingerprint density at radius 1 is 1.12 bits per heavy atom. The van der Waals surface area contributed by atoms with Crippen molar-refractivity contribution in [2.75, 3.05) is 0 Å². The SMILES string of the molecule is O=C1/C(=C/c2cccc(Cl)c2Cl)S/C(=N\N=C\c2ccc([N+](=O)[O-])cc2)N1Cc1ccco1. The third-order valence-corrected chi connectivity index (χ3v) is 6.33. The third-order valence-electron chi connectivity index (χ3n) is 4.50. The van der Waals surface area contributed by atoms with Crippen LogP contribution in [0.3, 0.4) is 0 Å². The molecule has 4 rings (SSSR count). The van der Waals surface area contributed by atoms with Crippen molar-refractivity contribution in [1.29, 1.82) is 0 Å². The predicted octanol–water partition coefficient (Wildman–Crippen LogP) is 6.00. The summed E-state index contributed by atoms with van der Waals surface area (Å²) in [5.74, 6) is 0.301. The van der Waals surface area contributed by atoms with Crippen LogP contribution in [-0.4, -0.2) is 27.1 Å². The van der Waals surface area contributed by atoms with Crippen LogP contribution in [0, 0.1) is 10.1 Å². The Hall–Kier alpha value is -3.40. The first-order valence-corrected chi connectivity index (χ1v) is 11.0. The standard InChI is InChI=1S/C22H14Cl2N4O4S/c23-18-5-1-3-15(20(18)24)11-19-21(29)27(13-17-4-2-10-32-17)22(33-19)26-25-12-14-6-8-16(9-7-14)28(30)31/h1-12H,13H2/b19-11-,25-12+,26-22-. The summed E-state index contributed by atoms with van der Waals surface area (Å²) in [5, 5.41) is 20.1. The van der Waals surface area contributed by atoms with E-state index in [-0.39, 0.29) is 18.1 Å². The number of amides is 1. The van der Waals surface area contributed by atoms with Gasteiger partial charge < -0.3 is 4.42 Å². The van der Waals surface area contributed by atoms with Gasteiger partial charge in [-0.25, -0.2) is 0 Å². The molecule has 1 aliphatic heterocycles. The Bertz CT molecular complexity index is 1290. The minimum Gasteiger partial charge on any atom is -0.467 e. The number of amidine groups is 1. The fourth-order valence-electron chi connectivity index (χ4n) is 2.88. The fourth-order valence-corrected chi connectivity index (χ4v) is 4.17. The number of halogens is 2. The Morgan fingerprint density at radius 2 is 1.91 bits per heavy atom. The highest BCUT2D eigenvalue weighted by molar-refractivity contribution is 8.18. The second-order valence-electron chi connectivity index (χ2n) is 6.70. The van der Waals surface area contributed by atoms with E-state index in [0.29, 0.717) is 37.0 Å². The number of nitro benzene ring substituents is 1. The largest absolute Gasteiger partial charge is 0.467 e. The number of carbonyl (C=O) groups is 1. The van der Waals surface area contributed by atoms with E-state index in [4.69, 9.17) is 27.6 Å². The zero-order valence-corrected chi connectivity index (χ0v) is 19.0. The number of rotatable bonds is 6. The molecule has 8 nitrogen and oxygen atoms in total. The minimum atomic E-state index is -0.478. The average Bonchev–Trinajstić information content (AvgIpc) is 3.41. The van der Waals surface area contributed by atoms with Crippen molar-refractivity contribution in [1.82, 2.24) is 4.90 Å². The molecular weight excluding hydrogens is 487 g/mol. The van der Waals surface area contributed by atoms with E-state index >= 15 is 0 Å². The lowest BCUT2D eigenvalue weighted by molar-refractivity contribution is -0.384. The number of non-ortho nitro benzene ring substituents is 1. The first-order valence-electron chi connectivity index (χ1n) is 9.45. The Kier molecular flexibility index (Phi) is 6.93. The van der Waals surface area contributed by atoms with E-state index < -0.39 is 4.92 Å². The number of hydrogen-bond donors (Lipinski definition) is 0. The molecule has 166 valence electrons. The van der Waals surface area contributed by atoms with Gasteiger partial charge in [-0.3, -0.25) is 19.8 Å². The number of hydrogen-bond acceptors (Lipinski definition) is 7. The van der Waals surface area contributed by atoms with E-state index in [2.05, 4.69) is 10.2 Å². The van der Waals surface area contributed by atoms with Gasteiger partial charge in [-0.2, -0.15) is 5.10 Å². The van der Waals surface area contributed by atoms with Crippen molar-refractivity contribution >= 4 is 64.0 Å². The summed E-state index contributed by atoms with van der Waals surface area (Å²) in [6.07, 6.45) is 4.62. The molecule has 33 heavy (non-hydrogen) atoms. The Labute approximate surface area is 202 Å². The zero-order valence-electron chi connectivity index (χ0n) is 16.7. The van der Waals surface area contributed by atoms with Crippen molar-refractivity contribution in [3.05, 3.63) is 103 Å². The van der Waals surface area contributed by atoms with Gasteiger partial charge in [0.05, 0.1) is 38.9 Å². The third kappa shape index (κ3) is 5.33. The quantitative estimate of drug-likeness (QED) is 0.178. The summed E-state index contributed by atoms with van der Waals surface area (Å²) < 4.78 is 5.38. The molecule has 0 spiro atoms. The predicted molar refractivity (Wildman–Crippen MR) is 129 cm³/mol. The van der Waals surface area contributed by atoms with Crippen molar-refractivity contribution in [2.45, 2.75) is 6.54 Å². The molecule has 11 heteroatoms. The summed E-state index contributed by atoms with van der Waals surface area (Å²) in [6.45, 7) is 0.172. The summed E-state index contributed by atoms with van der Waals surface area (Å²) >= 11 is 13.5. The molecule has 2 heterocycles. The van der Waals surface area contributed by atoms with Crippen molar-refractivity contribution < 1.29 is 14.1 Å². The summed E-state index contributed by atoms with van der Waals surface area (Å²) in [6, 6.07) is 14.5. The molecule has 1 aliphatic rings. The van der Waals surface area contributed by atoms with Crippen LogP contribution in [0.15, 0.2) is 80.4 Å². The van der Waals surface area contributed by atoms with Gasteiger partial charge in [-0.15, -0.1) is 5.10 Å². The maximum Gasteiger partial charge on any atom is 0.269 e. The van der Waals surface area contributed by atoms with Crippen molar-refractivity contribution in [3.8, 4) is 0 Å². The van der Waals surface area contributed by atoms with E-state index in [9.17, 15) is 14.9 Å². The van der Waals surface area contributed by atoms with E-state index in [1.54, 1.807) is 48.5 Å². The molecule has 1 amide bonds. The molecule has 0 unspecified atom stereocenters. The molecule has 0 bridgehead atoms. The normalized spacial score (nSPS) is 16.4. The smallest absolute Gasteiger partial charge is 0.269 e. The molecule has 0 aliphatic carbocycles. The first-order chi connectivity index (χ1) is 15.9. The number of thioether (sulfide) groups is 1. The topological polar surface area (TPSA) is 101 Å². The summed E-state index contributed by atoms with van der Waals surface area (Å²) in [5.41, 5.74) is 1.21. The summed E-state index contributed by atoms with van der Waals surface area (Å²) in [7, 11) is 0.